The molecule has 0 spiro atoms. The van der Waals surface area contributed by atoms with Crippen molar-refractivity contribution in [3.05, 3.63) is 42.9 Å². The highest BCUT2D eigenvalue weighted by Crippen LogP contribution is 2.31. The summed E-state index contributed by atoms with van der Waals surface area (Å²) in [6.07, 6.45) is 6.97. The smallest absolute Gasteiger partial charge is 0.243 e. The zero-order valence-electron chi connectivity index (χ0n) is 21.7. The lowest BCUT2D eigenvalue weighted by molar-refractivity contribution is -0.122. The lowest BCUT2D eigenvalue weighted by Crippen LogP contribution is -2.58. The predicted octanol–water partition coefficient (Wildman–Crippen LogP) is 1.69. The molecule has 1 aromatic heterocycles. The molecule has 0 radical (unpaired) electrons. The number of ether oxygens (including phenoxy) is 2. The molecule has 1 fully saturated rings. The fourth-order valence-electron chi connectivity index (χ4n) is 5.21. The third kappa shape index (κ3) is 5.70. The Kier molecular flexibility index (Phi) is 7.99. The number of para-hydroxylation sites is 1. The Morgan fingerprint density at radius 2 is 2.21 bits per heavy atom. The summed E-state index contributed by atoms with van der Waals surface area (Å²) >= 11 is 0. The number of carbonyl (C=O) groups is 2. The van der Waals surface area contributed by atoms with Crippen molar-refractivity contribution in [3.8, 4) is 5.75 Å². The van der Waals surface area contributed by atoms with E-state index < -0.39 is 0 Å². The van der Waals surface area contributed by atoms with E-state index in [0.29, 0.717) is 50.8 Å². The quantitative estimate of drug-likeness (QED) is 0.293. The molecule has 2 aromatic rings. The number of hydrogen-bond acceptors (Lipinski definition) is 9. The maximum atomic E-state index is 13.6. The first-order chi connectivity index (χ1) is 18.5. The van der Waals surface area contributed by atoms with Gasteiger partial charge in [0.05, 0.1) is 24.9 Å². The number of aromatic nitrogens is 2. The van der Waals surface area contributed by atoms with Crippen LogP contribution in [-0.4, -0.2) is 58.3 Å². The highest BCUT2D eigenvalue weighted by Gasteiger charge is 2.37. The van der Waals surface area contributed by atoms with Crippen molar-refractivity contribution in [1.82, 2.24) is 36.2 Å². The van der Waals surface area contributed by atoms with E-state index in [2.05, 4.69) is 40.4 Å². The molecule has 3 aliphatic heterocycles. The number of benzene rings is 1. The van der Waals surface area contributed by atoms with Crippen LogP contribution in [0, 0.1) is 5.92 Å². The lowest BCUT2D eigenvalue weighted by atomic mass is 9.90. The molecule has 2 amide bonds. The van der Waals surface area contributed by atoms with Crippen LogP contribution in [0.2, 0.25) is 0 Å². The van der Waals surface area contributed by atoms with Crippen molar-refractivity contribution < 1.29 is 19.1 Å². The second-order valence-corrected chi connectivity index (χ2v) is 9.81. The second-order valence-electron chi connectivity index (χ2n) is 9.81. The van der Waals surface area contributed by atoms with E-state index in [-0.39, 0.29) is 29.9 Å². The van der Waals surface area contributed by atoms with Gasteiger partial charge in [0.2, 0.25) is 23.6 Å². The van der Waals surface area contributed by atoms with Gasteiger partial charge in [-0.2, -0.15) is 0 Å². The summed E-state index contributed by atoms with van der Waals surface area (Å²) in [5.41, 5.74) is 7.71. The SMILES string of the molecule is C=CC(=O)NCCOc1cccc2nc3n(c12)CCCCCOC1=CNNN1C1CC(CC(C)N1)C(=O)N3. The summed E-state index contributed by atoms with van der Waals surface area (Å²) in [7, 11) is 0. The van der Waals surface area contributed by atoms with Gasteiger partial charge < -0.3 is 24.8 Å². The first kappa shape index (κ1) is 25.9. The van der Waals surface area contributed by atoms with Gasteiger partial charge in [-0.3, -0.25) is 20.2 Å². The molecule has 1 aromatic carbocycles. The number of amides is 2. The Hall–Kier alpha value is -3.77. The summed E-state index contributed by atoms with van der Waals surface area (Å²) in [5, 5.41) is 11.3. The van der Waals surface area contributed by atoms with Crippen LogP contribution in [0.3, 0.4) is 0 Å². The van der Waals surface area contributed by atoms with Gasteiger partial charge >= 0.3 is 0 Å². The Morgan fingerprint density at radius 3 is 3.08 bits per heavy atom. The van der Waals surface area contributed by atoms with Gasteiger partial charge in [-0.25, -0.2) is 9.99 Å². The molecular weight excluding hydrogens is 488 g/mol. The fourth-order valence-corrected chi connectivity index (χ4v) is 5.21. The number of nitrogens with zero attached hydrogens (tertiary/aromatic N) is 3. The number of nitrogens with one attached hydrogen (secondary N) is 5. The minimum Gasteiger partial charge on any atom is -0.489 e. The van der Waals surface area contributed by atoms with Gasteiger partial charge in [-0.1, -0.05) is 12.6 Å². The molecule has 5 rings (SSSR count). The summed E-state index contributed by atoms with van der Waals surface area (Å²) in [6.45, 7) is 7.47. The molecule has 3 aliphatic rings. The first-order valence-corrected chi connectivity index (χ1v) is 13.3. The van der Waals surface area contributed by atoms with Crippen molar-refractivity contribution in [2.24, 2.45) is 5.92 Å². The van der Waals surface area contributed by atoms with Crippen LogP contribution < -0.4 is 31.6 Å². The number of aryl methyl sites for hydroxylation is 1. The number of hydrogen-bond donors (Lipinski definition) is 5. The van der Waals surface area contributed by atoms with Gasteiger partial charge in [-0.15, -0.1) is 5.53 Å². The summed E-state index contributed by atoms with van der Waals surface area (Å²) < 4.78 is 14.1. The van der Waals surface area contributed by atoms with E-state index in [0.717, 1.165) is 36.2 Å². The van der Waals surface area contributed by atoms with Crippen LogP contribution >= 0.6 is 0 Å². The van der Waals surface area contributed by atoms with Crippen molar-refractivity contribution in [3.63, 3.8) is 0 Å². The first-order valence-electron chi connectivity index (χ1n) is 13.3. The Balaban J connectivity index is 1.40. The monoisotopic (exact) mass is 524 g/mol. The van der Waals surface area contributed by atoms with E-state index in [1.54, 1.807) is 6.20 Å². The standard InChI is InChI=1S/C26H36N8O4/c1-3-22(35)27-10-13-37-20-9-7-8-19-24(20)33-11-5-4-6-12-38-23-16-28-32-34(23)21-15-18(14-17(2)29-21)25(36)31-26(33)30-19/h3,7-9,16-18,21,28-29,32H,1,4-6,10-15H2,2H3,(H,27,35)(H,30,31,36). The Bertz CT molecular complexity index is 1210. The number of carbonyl (C=O) groups excluding carboxylic acids is 2. The Labute approximate surface area is 221 Å². The third-order valence-electron chi connectivity index (χ3n) is 7.01. The Morgan fingerprint density at radius 1 is 1.32 bits per heavy atom. The fraction of sp³-hybridized carbons (Fsp3) is 0.500. The highest BCUT2D eigenvalue weighted by atomic mass is 16.5. The van der Waals surface area contributed by atoms with E-state index in [1.807, 2.05) is 27.8 Å². The van der Waals surface area contributed by atoms with E-state index >= 15 is 0 Å². The summed E-state index contributed by atoms with van der Waals surface area (Å²) in [5.74, 6) is 1.40. The van der Waals surface area contributed by atoms with Gasteiger partial charge in [0.25, 0.3) is 0 Å². The van der Waals surface area contributed by atoms with Gasteiger partial charge in [0.15, 0.2) is 0 Å². The number of fused-ring (bicyclic) bond motifs is 7. The van der Waals surface area contributed by atoms with Crippen LogP contribution in [0.1, 0.15) is 39.0 Å². The molecule has 4 heterocycles. The van der Waals surface area contributed by atoms with Crippen LogP contribution in [0.4, 0.5) is 5.95 Å². The number of rotatable bonds is 5. The molecule has 3 unspecified atom stereocenters. The number of piperidine rings is 1. The summed E-state index contributed by atoms with van der Waals surface area (Å²) in [6, 6.07) is 5.83. The molecular formula is C26H36N8O4. The zero-order chi connectivity index (χ0) is 26.5. The van der Waals surface area contributed by atoms with Crippen LogP contribution in [0.5, 0.6) is 5.75 Å². The van der Waals surface area contributed by atoms with Crippen LogP contribution in [-0.2, 0) is 20.9 Å². The lowest BCUT2D eigenvalue weighted by Gasteiger charge is -2.39. The molecule has 3 atom stereocenters. The number of anilines is 1. The van der Waals surface area contributed by atoms with E-state index in [4.69, 9.17) is 14.5 Å². The van der Waals surface area contributed by atoms with Crippen molar-refractivity contribution in [1.29, 1.82) is 0 Å². The largest absolute Gasteiger partial charge is 0.489 e. The van der Waals surface area contributed by atoms with Gasteiger partial charge in [0.1, 0.15) is 24.0 Å². The molecule has 1 saturated heterocycles. The highest BCUT2D eigenvalue weighted by molar-refractivity contribution is 5.94. The zero-order valence-corrected chi connectivity index (χ0v) is 21.7. The van der Waals surface area contributed by atoms with E-state index in [1.165, 1.54) is 6.08 Å². The molecule has 0 saturated carbocycles. The van der Waals surface area contributed by atoms with Gasteiger partial charge in [0, 0.05) is 18.5 Å². The number of hydrazine groups is 2. The van der Waals surface area contributed by atoms with Gasteiger partial charge in [-0.05, 0) is 57.2 Å². The minimum atomic E-state index is -0.243. The second kappa shape index (κ2) is 11.7. The molecule has 12 heteroatoms. The molecule has 0 aliphatic carbocycles. The average molecular weight is 525 g/mol. The van der Waals surface area contributed by atoms with Crippen LogP contribution in [0.15, 0.2) is 42.9 Å². The minimum absolute atomic E-state index is 0.0528. The molecule has 5 N–H and O–H groups in total. The summed E-state index contributed by atoms with van der Waals surface area (Å²) in [4.78, 5) is 29.8. The third-order valence-corrected chi connectivity index (χ3v) is 7.01. The number of imidazole rings is 1. The van der Waals surface area contributed by atoms with Crippen molar-refractivity contribution in [2.45, 2.75) is 57.8 Å². The molecule has 38 heavy (non-hydrogen) atoms. The molecule has 2 bridgehead atoms. The van der Waals surface area contributed by atoms with E-state index in [9.17, 15) is 9.59 Å². The van der Waals surface area contributed by atoms with Crippen LogP contribution in [0.25, 0.3) is 11.0 Å². The molecule has 12 nitrogen and oxygen atoms in total. The average Bonchev–Trinajstić information content (AvgIpc) is 3.52. The molecule has 204 valence electrons. The maximum Gasteiger partial charge on any atom is 0.243 e. The van der Waals surface area contributed by atoms with Crippen molar-refractivity contribution >= 4 is 28.8 Å². The topological polar surface area (TPSA) is 134 Å². The van der Waals surface area contributed by atoms with Crippen molar-refractivity contribution in [2.75, 3.05) is 25.1 Å². The maximum absolute atomic E-state index is 13.6. The predicted molar refractivity (Wildman–Crippen MR) is 142 cm³/mol. The normalized spacial score (nSPS) is 23.9.